The van der Waals surface area contributed by atoms with E-state index >= 15 is 0 Å². The number of rotatable bonds is 13. The van der Waals surface area contributed by atoms with Crippen molar-refractivity contribution in [2.75, 3.05) is 19.6 Å². The van der Waals surface area contributed by atoms with E-state index in [9.17, 15) is 27.9 Å². The van der Waals surface area contributed by atoms with Gasteiger partial charge in [-0.15, -0.1) is 0 Å². The highest BCUT2D eigenvalue weighted by Gasteiger charge is 2.29. The number of hydrogen-bond acceptors (Lipinski definition) is 6. The molecule has 2 rings (SSSR count). The third kappa shape index (κ3) is 9.91. The maximum absolute atomic E-state index is 12.5. The van der Waals surface area contributed by atoms with Crippen LogP contribution in [0.5, 0.6) is 0 Å². The lowest BCUT2D eigenvalue weighted by Gasteiger charge is -2.28. The van der Waals surface area contributed by atoms with Crippen LogP contribution in [-0.4, -0.2) is 62.9 Å². The highest BCUT2D eigenvalue weighted by molar-refractivity contribution is 7.89. The van der Waals surface area contributed by atoms with Gasteiger partial charge in [0.15, 0.2) is 5.96 Å². The Kier molecular flexibility index (Phi) is 10.9. The maximum Gasteiger partial charge on any atom is 0.323 e. The number of nitrogens with one attached hydrogen (secondary N) is 3. The van der Waals surface area contributed by atoms with Crippen molar-refractivity contribution in [3.63, 3.8) is 0 Å². The lowest BCUT2D eigenvalue weighted by molar-refractivity contribution is -0.139. The first-order valence-electron chi connectivity index (χ1n) is 11.5. The van der Waals surface area contributed by atoms with Gasteiger partial charge in [-0.2, -0.15) is 4.72 Å². The van der Waals surface area contributed by atoms with E-state index in [0.29, 0.717) is 38.8 Å². The Balaban J connectivity index is 1.73. The lowest BCUT2D eigenvalue weighted by Crippen LogP contribution is -2.49. The fraction of sp³-hybridized carbons (Fsp3) is 0.545. The fourth-order valence-electron chi connectivity index (χ4n) is 3.80. The molecule has 12 nitrogen and oxygen atoms in total. The zero-order valence-corrected chi connectivity index (χ0v) is 20.3. The molecule has 0 bridgehead atoms. The summed E-state index contributed by atoms with van der Waals surface area (Å²) in [6.07, 6.45) is 3.57. The molecule has 1 aliphatic carbocycles. The predicted molar refractivity (Wildman–Crippen MR) is 130 cm³/mol. The molecule has 0 saturated heterocycles. The molecule has 13 heteroatoms. The van der Waals surface area contributed by atoms with Crippen molar-refractivity contribution in [1.82, 2.24) is 15.4 Å². The fourth-order valence-corrected chi connectivity index (χ4v) is 5.01. The van der Waals surface area contributed by atoms with Gasteiger partial charge in [-0.3, -0.25) is 19.4 Å². The molecule has 0 heterocycles. The zero-order chi connectivity index (χ0) is 25.8. The van der Waals surface area contributed by atoms with E-state index in [4.69, 9.17) is 11.5 Å². The number of guanidine groups is 1. The summed E-state index contributed by atoms with van der Waals surface area (Å²) in [5, 5.41) is 14.9. The molecule has 0 aliphatic heterocycles. The number of sulfonamides is 1. The van der Waals surface area contributed by atoms with Crippen LogP contribution >= 0.6 is 0 Å². The molecular formula is C22H34N6O6S. The molecule has 1 aliphatic rings. The van der Waals surface area contributed by atoms with Crippen LogP contribution in [0, 0.1) is 11.8 Å². The van der Waals surface area contributed by atoms with Crippen LogP contribution < -0.4 is 26.8 Å². The number of aliphatic carboxylic acids is 1. The normalized spacial score (nSPS) is 18.7. The van der Waals surface area contributed by atoms with Gasteiger partial charge in [0.1, 0.15) is 6.04 Å². The van der Waals surface area contributed by atoms with Gasteiger partial charge < -0.3 is 27.2 Å². The number of hydrogen-bond donors (Lipinski definition) is 6. The van der Waals surface area contributed by atoms with Crippen LogP contribution in [0.4, 0.5) is 0 Å². The van der Waals surface area contributed by atoms with Gasteiger partial charge >= 0.3 is 5.97 Å². The van der Waals surface area contributed by atoms with E-state index in [2.05, 4.69) is 20.3 Å². The molecule has 0 spiro atoms. The number of aliphatic imine (C=N–C) groups is 1. The van der Waals surface area contributed by atoms with E-state index in [1.165, 1.54) is 24.3 Å². The second-order valence-corrected chi connectivity index (χ2v) is 10.2. The summed E-state index contributed by atoms with van der Waals surface area (Å²) in [6, 6.07) is 5.92. The molecule has 1 atom stereocenters. The van der Waals surface area contributed by atoms with Gasteiger partial charge in [-0.25, -0.2) is 8.42 Å². The largest absolute Gasteiger partial charge is 0.480 e. The van der Waals surface area contributed by atoms with Crippen LogP contribution in [0.2, 0.25) is 0 Å². The van der Waals surface area contributed by atoms with Gasteiger partial charge in [-0.1, -0.05) is 18.2 Å². The average molecular weight is 511 g/mol. The molecule has 1 aromatic rings. The first-order valence-corrected chi connectivity index (χ1v) is 13.0. The molecule has 194 valence electrons. The molecule has 1 saturated carbocycles. The van der Waals surface area contributed by atoms with E-state index < -0.39 is 22.0 Å². The average Bonchev–Trinajstić information content (AvgIpc) is 2.83. The summed E-state index contributed by atoms with van der Waals surface area (Å²) in [4.78, 5) is 39.8. The van der Waals surface area contributed by atoms with Gasteiger partial charge in [0, 0.05) is 32.0 Å². The Morgan fingerprint density at radius 1 is 1.06 bits per heavy atom. The second kappa shape index (κ2) is 13.6. The van der Waals surface area contributed by atoms with Crippen LogP contribution in [0.15, 0.2) is 40.2 Å². The maximum atomic E-state index is 12.5. The highest BCUT2D eigenvalue weighted by atomic mass is 32.2. The summed E-state index contributed by atoms with van der Waals surface area (Å²) in [5.74, 6) is -1.81. The van der Waals surface area contributed by atoms with Gasteiger partial charge in [0.05, 0.1) is 4.90 Å². The van der Waals surface area contributed by atoms with E-state index in [1.54, 1.807) is 6.07 Å². The number of nitrogens with zero attached hydrogens (tertiary/aromatic N) is 1. The summed E-state index contributed by atoms with van der Waals surface area (Å²) in [6.45, 7) is 0.556. The zero-order valence-electron chi connectivity index (χ0n) is 19.5. The smallest absolute Gasteiger partial charge is 0.323 e. The second-order valence-electron chi connectivity index (χ2n) is 8.50. The Bertz CT molecular complexity index is 989. The van der Waals surface area contributed by atoms with Crippen molar-refractivity contribution in [3.05, 3.63) is 30.3 Å². The minimum absolute atomic E-state index is 0.00170. The van der Waals surface area contributed by atoms with E-state index in [0.717, 1.165) is 12.8 Å². The van der Waals surface area contributed by atoms with Crippen LogP contribution in [0.1, 0.15) is 38.5 Å². The summed E-state index contributed by atoms with van der Waals surface area (Å²) >= 11 is 0. The van der Waals surface area contributed by atoms with Gasteiger partial charge in [0.2, 0.25) is 21.8 Å². The number of carbonyl (C=O) groups is 3. The molecule has 0 aromatic heterocycles. The quantitative estimate of drug-likeness (QED) is 0.116. The number of amides is 2. The van der Waals surface area contributed by atoms with Crippen molar-refractivity contribution in [2.45, 2.75) is 49.5 Å². The number of carbonyl (C=O) groups excluding carboxylic acids is 2. The third-order valence-corrected chi connectivity index (χ3v) is 7.28. The Hall–Kier alpha value is -3.19. The number of carboxylic acid groups (broad SMARTS) is 1. The lowest BCUT2D eigenvalue weighted by atomic mass is 9.81. The van der Waals surface area contributed by atoms with Crippen LogP contribution in [0.25, 0.3) is 0 Å². The number of benzene rings is 1. The summed E-state index contributed by atoms with van der Waals surface area (Å²) in [7, 11) is -4.04. The van der Waals surface area contributed by atoms with Crippen molar-refractivity contribution in [2.24, 2.45) is 28.3 Å². The van der Waals surface area contributed by atoms with Gasteiger partial charge in [0.25, 0.3) is 0 Å². The molecule has 8 N–H and O–H groups in total. The third-order valence-electron chi connectivity index (χ3n) is 5.79. The first-order chi connectivity index (χ1) is 16.6. The minimum Gasteiger partial charge on any atom is -0.480 e. The summed E-state index contributed by atoms with van der Waals surface area (Å²) in [5.41, 5.74) is 10.5. The highest BCUT2D eigenvalue weighted by Crippen LogP contribution is 2.28. The van der Waals surface area contributed by atoms with Crippen molar-refractivity contribution in [1.29, 1.82) is 0 Å². The molecular weight excluding hydrogens is 476 g/mol. The molecule has 1 fully saturated rings. The minimum atomic E-state index is -4.04. The molecule has 2 amide bonds. The number of nitrogens with two attached hydrogens (primary N) is 2. The topological polar surface area (TPSA) is 206 Å². The van der Waals surface area contributed by atoms with Crippen molar-refractivity contribution >= 4 is 33.8 Å². The van der Waals surface area contributed by atoms with Crippen molar-refractivity contribution in [3.8, 4) is 0 Å². The monoisotopic (exact) mass is 510 g/mol. The van der Waals surface area contributed by atoms with Gasteiger partial charge in [-0.05, 0) is 50.2 Å². The Labute approximate surface area is 205 Å². The van der Waals surface area contributed by atoms with E-state index in [1.807, 2.05) is 0 Å². The molecule has 1 aromatic carbocycles. The van der Waals surface area contributed by atoms with Crippen LogP contribution in [0.3, 0.4) is 0 Å². The van der Waals surface area contributed by atoms with Crippen LogP contribution in [-0.2, 0) is 24.4 Å². The SMILES string of the molecule is NC(N)=NCCCC(=O)NCC1CCC(C(=O)NC[C@H](NS(=O)(=O)c2ccccc2)C(=O)O)CC1. The van der Waals surface area contributed by atoms with Crippen molar-refractivity contribution < 1.29 is 27.9 Å². The Morgan fingerprint density at radius 3 is 2.31 bits per heavy atom. The van der Waals surface area contributed by atoms with E-state index in [-0.39, 0.29) is 41.0 Å². The molecule has 0 radical (unpaired) electrons. The molecule has 35 heavy (non-hydrogen) atoms. The predicted octanol–water partition coefficient (Wildman–Crippen LogP) is -0.489. The Morgan fingerprint density at radius 2 is 1.71 bits per heavy atom. The first kappa shape index (κ1) is 28.1. The summed E-state index contributed by atoms with van der Waals surface area (Å²) < 4.78 is 26.9. The standard InChI is InChI=1S/C22H34N6O6S/c23-22(24)25-12-4-7-19(29)26-13-15-8-10-16(11-9-15)20(30)27-14-18(21(31)32)28-35(33,34)17-5-2-1-3-6-17/h1-3,5-6,15-16,18,28H,4,7-14H2,(H,26,29)(H,27,30)(H,31,32)(H4,23,24,25)/t15?,16?,18-/m0/s1. The number of carboxylic acids is 1. The molecule has 0 unspecified atom stereocenters.